The first-order valence-corrected chi connectivity index (χ1v) is 5.43. The summed E-state index contributed by atoms with van der Waals surface area (Å²) in [6.45, 7) is 6.71. The van der Waals surface area contributed by atoms with Crippen molar-refractivity contribution in [2.24, 2.45) is 5.92 Å². The molecule has 0 atom stereocenters. The molecule has 0 aromatic carbocycles. The third kappa shape index (κ3) is 1.72. The normalized spacial score (nSPS) is 21.4. The predicted octanol–water partition coefficient (Wildman–Crippen LogP) is 1.37. The second-order valence-corrected chi connectivity index (χ2v) is 5.19. The molecule has 1 heterocycles. The van der Waals surface area contributed by atoms with E-state index in [1.54, 1.807) is 0 Å². The van der Waals surface area contributed by atoms with Gasteiger partial charge in [0.1, 0.15) is 0 Å². The van der Waals surface area contributed by atoms with Crippen LogP contribution in [-0.4, -0.2) is 32.7 Å². The average Bonchev–Trinajstić information content (AvgIpc) is 1.55. The Bertz CT molecular complexity index is 68.9. The first kappa shape index (κ1) is 6.51. The van der Waals surface area contributed by atoms with Crippen LogP contribution < -0.4 is 0 Å². The van der Waals surface area contributed by atoms with Crippen molar-refractivity contribution in [1.82, 2.24) is 0 Å². The summed E-state index contributed by atoms with van der Waals surface area (Å²) in [5.74, 6) is 0.913. The molecule has 48 valence electrons. The van der Waals surface area contributed by atoms with Crippen molar-refractivity contribution in [3.8, 4) is 0 Å². The molecule has 1 saturated heterocycles. The van der Waals surface area contributed by atoms with Crippen molar-refractivity contribution in [1.29, 1.82) is 0 Å². The Balaban J connectivity index is 2.01. The van der Waals surface area contributed by atoms with Gasteiger partial charge in [-0.1, -0.05) is 0 Å². The maximum absolute atomic E-state index is 5.05. The molecule has 2 heteroatoms. The zero-order valence-electron chi connectivity index (χ0n) is 5.55. The third-order valence-electron chi connectivity index (χ3n) is 1.33. The summed E-state index contributed by atoms with van der Waals surface area (Å²) in [5.41, 5.74) is 0. The number of hydrogen-bond acceptors (Lipinski definition) is 1. The van der Waals surface area contributed by atoms with Gasteiger partial charge in [0.25, 0.3) is 0 Å². The monoisotopic (exact) mass is 132 g/mol. The molecule has 0 saturated carbocycles. The lowest BCUT2D eigenvalue weighted by molar-refractivity contribution is -0.0201. The van der Waals surface area contributed by atoms with Crippen LogP contribution in [0.5, 0.6) is 0 Å². The highest BCUT2D eigenvalue weighted by Gasteiger charge is 2.18. The van der Waals surface area contributed by atoms with Gasteiger partial charge in [-0.25, -0.2) is 0 Å². The Kier molecular flexibility index (Phi) is 2.27. The van der Waals surface area contributed by atoms with Crippen LogP contribution in [0.1, 0.15) is 0 Å². The van der Waals surface area contributed by atoms with E-state index in [0.717, 1.165) is 19.1 Å². The molecule has 0 aromatic heterocycles. The van der Waals surface area contributed by atoms with Crippen LogP contribution in [0.2, 0.25) is 0 Å². The third-order valence-corrected chi connectivity index (χ3v) is 2.58. The van der Waals surface area contributed by atoms with Crippen LogP contribution in [0, 0.1) is 5.92 Å². The minimum Gasteiger partial charge on any atom is -0.381 e. The summed E-state index contributed by atoms with van der Waals surface area (Å²) >= 11 is 0. The van der Waals surface area contributed by atoms with Crippen molar-refractivity contribution < 1.29 is 4.74 Å². The summed E-state index contributed by atoms with van der Waals surface area (Å²) in [6, 6.07) is 0. The fourth-order valence-corrected chi connectivity index (χ4v) is 2.15. The number of hydrogen-bond donors (Lipinski definition) is 0. The Morgan fingerprint density at radius 2 is 2.12 bits per heavy atom. The summed E-state index contributed by atoms with van der Waals surface area (Å²) < 4.78 is 5.05. The highest BCUT2D eigenvalue weighted by atomic mass is 31.1. The van der Waals surface area contributed by atoms with Gasteiger partial charge >= 0.3 is 0 Å². The van der Waals surface area contributed by atoms with E-state index in [1.807, 2.05) is 0 Å². The van der Waals surface area contributed by atoms with Crippen molar-refractivity contribution in [3.05, 3.63) is 0 Å². The van der Waals surface area contributed by atoms with Crippen LogP contribution >= 0.6 is 7.92 Å². The summed E-state index contributed by atoms with van der Waals surface area (Å²) in [4.78, 5) is 0. The fraction of sp³-hybridized carbons (Fsp3) is 1.00. The summed E-state index contributed by atoms with van der Waals surface area (Å²) in [6.07, 6.45) is 1.41. The second kappa shape index (κ2) is 2.80. The molecule has 0 unspecified atom stereocenters. The van der Waals surface area contributed by atoms with E-state index in [4.69, 9.17) is 4.74 Å². The lowest BCUT2D eigenvalue weighted by Gasteiger charge is -2.27. The largest absolute Gasteiger partial charge is 0.381 e. The van der Waals surface area contributed by atoms with Gasteiger partial charge in [-0.05, 0) is 19.5 Å². The molecular formula is C6H13OP. The molecule has 1 rings (SSSR count). The first-order chi connectivity index (χ1) is 3.79. The Morgan fingerprint density at radius 3 is 2.25 bits per heavy atom. The first-order valence-electron chi connectivity index (χ1n) is 3.01. The van der Waals surface area contributed by atoms with Gasteiger partial charge < -0.3 is 4.74 Å². The molecule has 0 amide bonds. The lowest BCUT2D eigenvalue weighted by atomic mass is 10.1. The van der Waals surface area contributed by atoms with Crippen LogP contribution in [-0.2, 0) is 4.74 Å². The minimum absolute atomic E-state index is 0.326. The van der Waals surface area contributed by atoms with Gasteiger partial charge in [0.05, 0.1) is 13.2 Å². The minimum atomic E-state index is 0.326. The SMILES string of the molecule is CP(C)CC1COC1. The average molecular weight is 132 g/mol. The maximum atomic E-state index is 5.05. The van der Waals surface area contributed by atoms with Gasteiger partial charge in [-0.2, -0.15) is 0 Å². The van der Waals surface area contributed by atoms with Crippen LogP contribution in [0.15, 0.2) is 0 Å². The van der Waals surface area contributed by atoms with Gasteiger partial charge in [-0.3, -0.25) is 0 Å². The molecule has 0 radical (unpaired) electrons. The molecule has 1 aliphatic heterocycles. The van der Waals surface area contributed by atoms with Crippen molar-refractivity contribution >= 4 is 7.92 Å². The summed E-state index contributed by atoms with van der Waals surface area (Å²) in [7, 11) is 0.326. The molecule has 0 spiro atoms. The standard InChI is InChI=1S/C6H13OP/c1-8(2)5-6-3-7-4-6/h6H,3-5H2,1-2H3. The smallest absolute Gasteiger partial charge is 0.0519 e. The Hall–Kier alpha value is 0.390. The van der Waals surface area contributed by atoms with Gasteiger partial charge in [0, 0.05) is 5.92 Å². The highest BCUT2D eigenvalue weighted by molar-refractivity contribution is 7.55. The molecule has 1 fully saturated rings. The molecule has 1 aliphatic rings. The topological polar surface area (TPSA) is 9.23 Å². The zero-order valence-corrected chi connectivity index (χ0v) is 6.45. The second-order valence-electron chi connectivity index (χ2n) is 2.67. The number of ether oxygens (including phenoxy) is 1. The van der Waals surface area contributed by atoms with Crippen molar-refractivity contribution in [3.63, 3.8) is 0 Å². The molecule has 0 aliphatic carbocycles. The molecule has 1 nitrogen and oxygen atoms in total. The predicted molar refractivity (Wildman–Crippen MR) is 37.9 cm³/mol. The van der Waals surface area contributed by atoms with E-state index < -0.39 is 0 Å². The highest BCUT2D eigenvalue weighted by Crippen LogP contribution is 2.30. The van der Waals surface area contributed by atoms with Gasteiger partial charge in [0.15, 0.2) is 0 Å². The van der Waals surface area contributed by atoms with E-state index in [1.165, 1.54) is 6.16 Å². The van der Waals surface area contributed by atoms with Gasteiger partial charge in [0.2, 0.25) is 0 Å². The van der Waals surface area contributed by atoms with Gasteiger partial charge in [-0.15, -0.1) is 7.92 Å². The maximum Gasteiger partial charge on any atom is 0.0519 e. The van der Waals surface area contributed by atoms with E-state index in [9.17, 15) is 0 Å². The molecule has 0 bridgehead atoms. The molecule has 8 heavy (non-hydrogen) atoms. The Morgan fingerprint density at radius 1 is 1.50 bits per heavy atom. The van der Waals surface area contributed by atoms with Crippen molar-refractivity contribution in [2.75, 3.05) is 32.7 Å². The van der Waals surface area contributed by atoms with E-state index in [2.05, 4.69) is 13.3 Å². The molecular weight excluding hydrogens is 119 g/mol. The number of rotatable bonds is 2. The fourth-order valence-electron chi connectivity index (χ4n) is 0.906. The lowest BCUT2D eigenvalue weighted by Crippen LogP contribution is -2.29. The van der Waals surface area contributed by atoms with Crippen LogP contribution in [0.3, 0.4) is 0 Å². The Labute approximate surface area is 52.2 Å². The summed E-state index contributed by atoms with van der Waals surface area (Å²) in [5, 5.41) is 0. The van der Waals surface area contributed by atoms with Crippen LogP contribution in [0.25, 0.3) is 0 Å². The quantitative estimate of drug-likeness (QED) is 0.516. The van der Waals surface area contributed by atoms with Crippen LogP contribution in [0.4, 0.5) is 0 Å². The van der Waals surface area contributed by atoms with Crippen molar-refractivity contribution in [2.45, 2.75) is 0 Å². The zero-order chi connectivity index (χ0) is 5.98. The van der Waals surface area contributed by atoms with E-state index in [0.29, 0.717) is 7.92 Å². The van der Waals surface area contributed by atoms with E-state index >= 15 is 0 Å². The molecule has 0 N–H and O–H groups in total. The van der Waals surface area contributed by atoms with E-state index in [-0.39, 0.29) is 0 Å². The molecule has 0 aromatic rings.